The highest BCUT2D eigenvalue weighted by atomic mass is 32.2. The number of aromatic nitrogens is 1. The van der Waals surface area contributed by atoms with Crippen LogP contribution in [0.2, 0.25) is 0 Å². The highest BCUT2D eigenvalue weighted by molar-refractivity contribution is 7.88. The van der Waals surface area contributed by atoms with Crippen LogP contribution in [0.25, 0.3) is 0 Å². The van der Waals surface area contributed by atoms with Crippen LogP contribution >= 0.6 is 11.3 Å². The molecule has 1 aliphatic carbocycles. The zero-order chi connectivity index (χ0) is 14.2. The van der Waals surface area contributed by atoms with E-state index in [1.54, 1.807) is 11.3 Å². The lowest BCUT2D eigenvalue weighted by Gasteiger charge is -2.32. The minimum Gasteiger partial charge on any atom is -0.296 e. The van der Waals surface area contributed by atoms with Crippen molar-refractivity contribution in [1.29, 1.82) is 0 Å². The Hall–Kier alpha value is -0.500. The van der Waals surface area contributed by atoms with E-state index in [1.807, 2.05) is 0 Å². The zero-order valence-electron chi connectivity index (χ0n) is 11.7. The van der Waals surface area contributed by atoms with Crippen LogP contribution < -0.4 is 4.72 Å². The molecular formula is C13H21N3O2S2. The van der Waals surface area contributed by atoms with Gasteiger partial charge in [-0.25, -0.2) is 18.1 Å². The van der Waals surface area contributed by atoms with E-state index in [9.17, 15) is 8.42 Å². The van der Waals surface area contributed by atoms with Gasteiger partial charge in [0.05, 0.1) is 17.0 Å². The topological polar surface area (TPSA) is 62.3 Å². The highest BCUT2D eigenvalue weighted by Gasteiger charge is 2.27. The second kappa shape index (κ2) is 5.71. The lowest BCUT2D eigenvalue weighted by molar-refractivity contribution is 0.193. The molecule has 5 nitrogen and oxygen atoms in total. The Labute approximate surface area is 124 Å². The maximum absolute atomic E-state index is 11.3. The molecule has 0 bridgehead atoms. The van der Waals surface area contributed by atoms with Gasteiger partial charge in [0.1, 0.15) is 0 Å². The van der Waals surface area contributed by atoms with E-state index in [0.717, 1.165) is 44.1 Å². The van der Waals surface area contributed by atoms with Crippen molar-refractivity contribution in [1.82, 2.24) is 14.6 Å². The molecule has 112 valence electrons. The van der Waals surface area contributed by atoms with Crippen LogP contribution in [-0.4, -0.2) is 43.7 Å². The van der Waals surface area contributed by atoms with Crippen molar-refractivity contribution in [2.45, 2.75) is 44.2 Å². The van der Waals surface area contributed by atoms with Crippen LogP contribution in [0.4, 0.5) is 0 Å². The molecule has 0 spiro atoms. The first kappa shape index (κ1) is 14.4. The molecule has 3 rings (SSSR count). The van der Waals surface area contributed by atoms with Crippen LogP contribution in [-0.2, 0) is 16.6 Å². The second-order valence-corrected chi connectivity index (χ2v) is 8.59. The van der Waals surface area contributed by atoms with Crippen LogP contribution in [0.15, 0.2) is 5.38 Å². The SMILES string of the molecule is CS(=O)(=O)NC1CCCN(Cc2csc(C3CC3)n2)C1. The van der Waals surface area contributed by atoms with E-state index in [2.05, 4.69) is 15.0 Å². The largest absolute Gasteiger partial charge is 0.296 e. The van der Waals surface area contributed by atoms with Crippen LogP contribution in [0.1, 0.15) is 42.3 Å². The number of sulfonamides is 1. The summed E-state index contributed by atoms with van der Waals surface area (Å²) in [7, 11) is -3.11. The molecule has 1 aromatic heterocycles. The van der Waals surface area contributed by atoms with Gasteiger partial charge in [-0.3, -0.25) is 4.90 Å². The fourth-order valence-corrected chi connectivity index (χ4v) is 4.52. The van der Waals surface area contributed by atoms with E-state index in [-0.39, 0.29) is 6.04 Å². The van der Waals surface area contributed by atoms with Gasteiger partial charge in [0.2, 0.25) is 10.0 Å². The third-order valence-corrected chi connectivity index (χ3v) is 5.59. The second-order valence-electron chi connectivity index (χ2n) is 5.92. The summed E-state index contributed by atoms with van der Waals surface area (Å²) < 4.78 is 25.3. The average molecular weight is 315 g/mol. The normalized spacial score (nSPS) is 24.9. The molecule has 0 aromatic carbocycles. The van der Waals surface area contributed by atoms with Gasteiger partial charge in [0, 0.05) is 30.4 Å². The van der Waals surface area contributed by atoms with Crippen molar-refractivity contribution < 1.29 is 8.42 Å². The molecule has 20 heavy (non-hydrogen) atoms. The standard InChI is InChI=1S/C13H21N3O2S2/c1-20(17,18)15-11-3-2-6-16(7-11)8-12-9-19-13(14-12)10-4-5-10/h9-11,15H,2-8H2,1H3. The maximum Gasteiger partial charge on any atom is 0.208 e. The number of nitrogens with one attached hydrogen (secondary N) is 1. The Morgan fingerprint density at radius 3 is 2.95 bits per heavy atom. The van der Waals surface area contributed by atoms with Gasteiger partial charge in [0.15, 0.2) is 0 Å². The fraction of sp³-hybridized carbons (Fsp3) is 0.769. The lowest BCUT2D eigenvalue weighted by atomic mass is 10.1. The van der Waals surface area contributed by atoms with Gasteiger partial charge in [-0.05, 0) is 32.2 Å². The minimum atomic E-state index is -3.11. The molecule has 1 unspecified atom stereocenters. The average Bonchev–Trinajstić information content (AvgIpc) is 3.09. The van der Waals surface area contributed by atoms with Gasteiger partial charge in [-0.2, -0.15) is 0 Å². The molecule has 1 saturated heterocycles. The fourth-order valence-electron chi connectivity index (χ4n) is 2.74. The summed E-state index contributed by atoms with van der Waals surface area (Å²) in [6, 6.07) is 0.0419. The summed E-state index contributed by atoms with van der Waals surface area (Å²) in [5, 5.41) is 3.43. The Bertz CT molecular complexity index is 566. The van der Waals surface area contributed by atoms with E-state index in [0.29, 0.717) is 0 Å². The van der Waals surface area contributed by atoms with Gasteiger partial charge in [0.25, 0.3) is 0 Å². The minimum absolute atomic E-state index is 0.0419. The van der Waals surface area contributed by atoms with Gasteiger partial charge < -0.3 is 0 Å². The molecule has 0 radical (unpaired) electrons. The van der Waals surface area contributed by atoms with E-state index in [4.69, 9.17) is 4.98 Å². The molecule has 1 aliphatic heterocycles. The Morgan fingerprint density at radius 2 is 2.25 bits per heavy atom. The Balaban J connectivity index is 1.56. The lowest BCUT2D eigenvalue weighted by Crippen LogP contribution is -2.47. The smallest absolute Gasteiger partial charge is 0.208 e. The number of hydrogen-bond acceptors (Lipinski definition) is 5. The third kappa shape index (κ3) is 4.00. The molecular weight excluding hydrogens is 294 g/mol. The van der Waals surface area contributed by atoms with Crippen LogP contribution in [0.3, 0.4) is 0 Å². The van der Waals surface area contributed by atoms with E-state index in [1.165, 1.54) is 24.1 Å². The molecule has 2 heterocycles. The quantitative estimate of drug-likeness (QED) is 0.895. The molecule has 1 atom stereocenters. The number of rotatable bonds is 5. The van der Waals surface area contributed by atoms with Crippen LogP contribution in [0, 0.1) is 0 Å². The number of piperidine rings is 1. The van der Waals surface area contributed by atoms with E-state index >= 15 is 0 Å². The first-order valence-electron chi connectivity index (χ1n) is 7.13. The summed E-state index contributed by atoms with van der Waals surface area (Å²) in [5.41, 5.74) is 1.14. The summed E-state index contributed by atoms with van der Waals surface area (Å²) in [6.07, 6.45) is 5.77. The highest BCUT2D eigenvalue weighted by Crippen LogP contribution is 2.41. The molecule has 1 N–H and O–H groups in total. The maximum atomic E-state index is 11.3. The number of likely N-dealkylation sites (tertiary alicyclic amines) is 1. The predicted octanol–water partition coefficient (Wildman–Crippen LogP) is 1.53. The first-order chi connectivity index (χ1) is 9.49. The molecule has 0 amide bonds. The van der Waals surface area contributed by atoms with Crippen molar-refractivity contribution >= 4 is 21.4 Å². The Kier molecular flexibility index (Phi) is 4.12. The van der Waals surface area contributed by atoms with Crippen LogP contribution in [0.5, 0.6) is 0 Å². The third-order valence-electron chi connectivity index (χ3n) is 3.77. The van der Waals surface area contributed by atoms with Gasteiger partial charge in [-0.1, -0.05) is 0 Å². The summed E-state index contributed by atoms with van der Waals surface area (Å²) in [6.45, 7) is 2.65. The monoisotopic (exact) mass is 315 g/mol. The molecule has 7 heteroatoms. The van der Waals surface area contributed by atoms with Gasteiger partial charge in [-0.15, -0.1) is 11.3 Å². The zero-order valence-corrected chi connectivity index (χ0v) is 13.3. The van der Waals surface area contributed by atoms with Crippen molar-refractivity contribution in [2.24, 2.45) is 0 Å². The van der Waals surface area contributed by atoms with Crippen molar-refractivity contribution in [3.8, 4) is 0 Å². The van der Waals surface area contributed by atoms with Crippen molar-refractivity contribution in [3.63, 3.8) is 0 Å². The summed E-state index contributed by atoms with van der Waals surface area (Å²) in [5.74, 6) is 0.717. The summed E-state index contributed by atoms with van der Waals surface area (Å²) >= 11 is 1.77. The Morgan fingerprint density at radius 1 is 1.45 bits per heavy atom. The number of thiazole rings is 1. The molecule has 1 saturated carbocycles. The first-order valence-corrected chi connectivity index (χ1v) is 9.91. The molecule has 2 aliphatic rings. The van der Waals surface area contributed by atoms with Gasteiger partial charge >= 0.3 is 0 Å². The predicted molar refractivity (Wildman–Crippen MR) is 80.4 cm³/mol. The summed E-state index contributed by atoms with van der Waals surface area (Å²) in [4.78, 5) is 7.01. The van der Waals surface area contributed by atoms with Crippen molar-refractivity contribution in [2.75, 3.05) is 19.3 Å². The molecule has 1 aromatic rings. The molecule has 2 fully saturated rings. The van der Waals surface area contributed by atoms with Crippen molar-refractivity contribution in [3.05, 3.63) is 16.1 Å². The van der Waals surface area contributed by atoms with E-state index < -0.39 is 10.0 Å². The number of hydrogen-bond donors (Lipinski definition) is 1. The number of nitrogens with zero attached hydrogens (tertiary/aromatic N) is 2.